The topological polar surface area (TPSA) is 268 Å². The highest BCUT2D eigenvalue weighted by Crippen LogP contribution is 2.66. The van der Waals surface area contributed by atoms with Crippen LogP contribution in [0.4, 0.5) is 0 Å². The molecule has 1 saturated heterocycles. The van der Waals surface area contributed by atoms with Gasteiger partial charge < -0.3 is 40.3 Å². The van der Waals surface area contributed by atoms with Crippen molar-refractivity contribution in [1.82, 2.24) is 4.31 Å². The third-order valence-corrected chi connectivity index (χ3v) is 8.02. The minimum atomic E-state index is -5.71. The van der Waals surface area contributed by atoms with Gasteiger partial charge in [0.2, 0.25) is 11.2 Å². The van der Waals surface area contributed by atoms with E-state index in [1.807, 2.05) is 0 Å². The lowest BCUT2D eigenvalue weighted by Crippen LogP contribution is -2.43. The van der Waals surface area contributed by atoms with E-state index in [1.54, 1.807) is 0 Å². The van der Waals surface area contributed by atoms with E-state index in [1.165, 1.54) is 6.08 Å². The Labute approximate surface area is 164 Å². The smallest absolute Gasteiger partial charge is 0.387 e. The van der Waals surface area contributed by atoms with Gasteiger partial charge in [0.1, 0.15) is 24.1 Å². The van der Waals surface area contributed by atoms with Gasteiger partial charge in [-0.3, -0.25) is 4.52 Å². The van der Waals surface area contributed by atoms with Crippen LogP contribution >= 0.6 is 23.5 Å². The summed E-state index contributed by atoms with van der Waals surface area (Å²) in [6.45, 7) is -1.01. The SMILES string of the molecule is NC1=NS(=O)N([C@@H]2O[C@H](COP(=O)(O)OP(=O)(O)OP(=O)(O)O)[C@@H](O)[C@H]2O)C=C1. The number of nitrogens with two attached hydrogens (primary N) is 1. The third kappa shape index (κ3) is 6.99. The zero-order valence-electron chi connectivity index (χ0n) is 13.8. The molecule has 2 aliphatic heterocycles. The molecule has 168 valence electrons. The van der Waals surface area contributed by atoms with Crippen molar-refractivity contribution in [2.45, 2.75) is 24.5 Å². The van der Waals surface area contributed by atoms with Gasteiger partial charge in [0.15, 0.2) is 6.23 Å². The van der Waals surface area contributed by atoms with Crippen LogP contribution in [0.1, 0.15) is 0 Å². The van der Waals surface area contributed by atoms with Crippen molar-refractivity contribution in [3.05, 3.63) is 12.3 Å². The van der Waals surface area contributed by atoms with E-state index in [2.05, 4.69) is 17.5 Å². The molecule has 0 saturated carbocycles. The van der Waals surface area contributed by atoms with E-state index in [-0.39, 0.29) is 5.84 Å². The van der Waals surface area contributed by atoms with Gasteiger partial charge in [0.05, 0.1) is 6.61 Å². The predicted molar refractivity (Wildman–Crippen MR) is 91.2 cm³/mol. The number of hydrogen-bond acceptors (Lipinski definition) is 11. The maximum atomic E-state index is 11.9. The molecule has 2 aliphatic rings. The Kier molecular flexibility index (Phi) is 7.59. The molecule has 29 heavy (non-hydrogen) atoms. The second-order valence-corrected chi connectivity index (χ2v) is 10.8. The summed E-state index contributed by atoms with van der Waals surface area (Å²) in [4.78, 5) is 35.3. The molecule has 0 bridgehead atoms. The largest absolute Gasteiger partial charge is 0.490 e. The molecular formula is C8H16N3O14P3S. The molecule has 21 heteroatoms. The molecule has 0 aromatic rings. The van der Waals surface area contributed by atoms with Crippen molar-refractivity contribution in [2.75, 3.05) is 6.61 Å². The van der Waals surface area contributed by atoms with Crippen molar-refractivity contribution in [3.63, 3.8) is 0 Å². The standard InChI is InChI=1S/C8H16N3O14P3S/c9-5-1-2-11(29(21)10-5)8-7(13)6(12)4(23-8)3-22-27(17,18)25-28(19,20)24-26(14,15)16/h1-2,4,6-8,12-13H,3H2,(H2,9,10)(H,17,18)(H,19,20)(H2,14,15,16)/t4-,6-,7-,8-,29?/m1/s1. The van der Waals surface area contributed by atoms with E-state index >= 15 is 0 Å². The highest BCUT2D eigenvalue weighted by molar-refractivity contribution is 7.81. The van der Waals surface area contributed by atoms with Crippen molar-refractivity contribution >= 4 is 40.5 Å². The summed E-state index contributed by atoms with van der Waals surface area (Å²) in [6, 6.07) is 0. The number of aliphatic hydroxyl groups excluding tert-OH is 2. The maximum absolute atomic E-state index is 11.9. The Balaban J connectivity index is 1.99. The predicted octanol–water partition coefficient (Wildman–Crippen LogP) is -2.46. The van der Waals surface area contributed by atoms with Crippen LogP contribution in [0.5, 0.6) is 0 Å². The Morgan fingerprint density at radius 3 is 2.31 bits per heavy atom. The zero-order valence-corrected chi connectivity index (χ0v) is 17.3. The third-order valence-electron chi connectivity index (χ3n) is 3.16. The zero-order chi connectivity index (χ0) is 22.2. The first-order valence-electron chi connectivity index (χ1n) is 7.13. The van der Waals surface area contributed by atoms with Gasteiger partial charge in [-0.25, -0.2) is 22.2 Å². The molecule has 3 unspecified atom stereocenters. The average molecular weight is 503 g/mol. The summed E-state index contributed by atoms with van der Waals surface area (Å²) in [6.07, 6.45) is -4.00. The first-order valence-corrected chi connectivity index (χ1v) is 12.7. The molecule has 1 fully saturated rings. The van der Waals surface area contributed by atoms with Crippen molar-refractivity contribution in [2.24, 2.45) is 10.1 Å². The molecular weight excluding hydrogens is 487 g/mol. The number of hydrogen-bond donors (Lipinski definition) is 7. The Morgan fingerprint density at radius 1 is 1.14 bits per heavy atom. The Morgan fingerprint density at radius 2 is 1.76 bits per heavy atom. The second kappa shape index (κ2) is 8.90. The van der Waals surface area contributed by atoms with E-state index in [0.717, 1.165) is 10.5 Å². The summed E-state index contributed by atoms with van der Waals surface area (Å²) in [5, 5.41) is 20.0. The van der Waals surface area contributed by atoms with Crippen LogP contribution in [0.15, 0.2) is 16.7 Å². The fourth-order valence-electron chi connectivity index (χ4n) is 2.09. The summed E-state index contributed by atoms with van der Waals surface area (Å²) in [7, 11) is -16.7. The highest BCUT2D eigenvalue weighted by Gasteiger charge is 2.48. The Hall–Kier alpha value is -0.550. The van der Waals surface area contributed by atoms with E-state index in [9.17, 15) is 33.0 Å². The van der Waals surface area contributed by atoms with Gasteiger partial charge in [-0.05, 0) is 6.08 Å². The summed E-state index contributed by atoms with van der Waals surface area (Å²) in [5.74, 6) is -0.0724. The van der Waals surface area contributed by atoms with Crippen molar-refractivity contribution in [3.8, 4) is 0 Å². The summed E-state index contributed by atoms with van der Waals surface area (Å²) < 4.78 is 66.4. The summed E-state index contributed by atoms with van der Waals surface area (Å²) in [5.41, 5.74) is 5.36. The first kappa shape index (κ1) is 24.7. The monoisotopic (exact) mass is 503 g/mol. The van der Waals surface area contributed by atoms with Crippen LogP contribution in [-0.2, 0) is 42.7 Å². The highest BCUT2D eigenvalue weighted by atomic mass is 32.2. The van der Waals surface area contributed by atoms with E-state index < -0.39 is 65.8 Å². The number of nitrogens with zero attached hydrogens (tertiary/aromatic N) is 2. The molecule has 17 nitrogen and oxygen atoms in total. The lowest BCUT2D eigenvalue weighted by Gasteiger charge is -2.27. The van der Waals surface area contributed by atoms with Crippen LogP contribution in [0, 0.1) is 0 Å². The van der Waals surface area contributed by atoms with E-state index in [0.29, 0.717) is 0 Å². The second-order valence-electron chi connectivity index (χ2n) is 5.36. The van der Waals surface area contributed by atoms with Crippen LogP contribution in [0.3, 0.4) is 0 Å². The molecule has 2 rings (SSSR count). The molecule has 0 spiro atoms. The normalized spacial score (nSPS) is 34.5. The average Bonchev–Trinajstić information content (AvgIpc) is 2.78. The molecule has 7 atom stereocenters. The molecule has 0 aromatic carbocycles. The number of phosphoric acid groups is 3. The van der Waals surface area contributed by atoms with Gasteiger partial charge in [-0.15, -0.1) is 0 Å². The lowest BCUT2D eigenvalue weighted by atomic mass is 10.1. The number of ether oxygens (including phenoxy) is 1. The van der Waals surface area contributed by atoms with Crippen LogP contribution in [-0.4, -0.2) is 75.3 Å². The molecule has 0 amide bonds. The molecule has 2 heterocycles. The maximum Gasteiger partial charge on any atom is 0.490 e. The van der Waals surface area contributed by atoms with Crippen LogP contribution in [0.2, 0.25) is 0 Å². The molecule has 0 radical (unpaired) electrons. The lowest BCUT2D eigenvalue weighted by molar-refractivity contribution is -0.0522. The van der Waals surface area contributed by atoms with Gasteiger partial charge in [-0.1, -0.05) is 0 Å². The fraction of sp³-hybridized carbons (Fsp3) is 0.625. The van der Waals surface area contributed by atoms with E-state index in [4.69, 9.17) is 25.2 Å². The minimum Gasteiger partial charge on any atom is -0.387 e. The van der Waals surface area contributed by atoms with Gasteiger partial charge in [-0.2, -0.15) is 13.0 Å². The summed E-state index contributed by atoms with van der Waals surface area (Å²) >= 11 is -2.11. The minimum absolute atomic E-state index is 0.0724. The molecule has 0 aliphatic carbocycles. The van der Waals surface area contributed by atoms with Crippen LogP contribution in [0.25, 0.3) is 0 Å². The number of aliphatic hydroxyl groups is 2. The Bertz CT molecular complexity index is 859. The molecule has 8 N–H and O–H groups in total. The molecule has 0 aromatic heterocycles. The number of rotatable bonds is 8. The van der Waals surface area contributed by atoms with Crippen LogP contribution < -0.4 is 5.73 Å². The van der Waals surface area contributed by atoms with Crippen molar-refractivity contribution in [1.29, 1.82) is 0 Å². The first-order chi connectivity index (χ1) is 13.1. The van der Waals surface area contributed by atoms with Gasteiger partial charge in [0.25, 0.3) is 0 Å². The van der Waals surface area contributed by atoms with Gasteiger partial charge >= 0.3 is 23.5 Å². The number of amidine groups is 1. The van der Waals surface area contributed by atoms with Gasteiger partial charge in [0, 0.05) is 6.20 Å². The number of phosphoric ester groups is 1. The van der Waals surface area contributed by atoms with Crippen molar-refractivity contribution < 1.29 is 65.6 Å². The quantitative estimate of drug-likeness (QED) is 0.169. The fourth-order valence-corrected chi connectivity index (χ4v) is 5.97.